The molecular weight excluding hydrogens is 1830 g/mol. The zero-order chi connectivity index (χ0) is 96.1. The Morgan fingerprint density at radius 2 is 0.786 bits per heavy atom. The number of nitrogens with one attached hydrogen (secondary N) is 4. The average Bonchev–Trinajstić information content (AvgIpc) is 0.814. The minimum Gasteiger partial charge on any atom is -0.477 e. The number of halogens is 10. The Bertz CT molecular complexity index is 4090. The zero-order valence-electron chi connectivity index (χ0n) is 78.2. The topological polar surface area (TPSA) is 385 Å². The first-order chi connectivity index (χ1) is 61.3. The monoisotopic (exact) mass is 1980 g/mol. The van der Waals surface area contributed by atoms with Crippen molar-refractivity contribution in [3.05, 3.63) is 132 Å². The molecule has 7 aliphatic heterocycles. The summed E-state index contributed by atoms with van der Waals surface area (Å²) in [6.45, 7) is 28.6. The number of pyridine rings is 3. The zero-order valence-corrected chi connectivity index (χ0v) is 81.4. The highest BCUT2D eigenvalue weighted by Crippen LogP contribution is 2.24. The third-order valence-corrected chi connectivity index (χ3v) is 21.1. The molecule has 0 aliphatic carbocycles. The first-order valence-electron chi connectivity index (χ1n) is 44.4. The van der Waals surface area contributed by atoms with Crippen molar-refractivity contribution in [2.75, 3.05) is 202 Å². The van der Waals surface area contributed by atoms with Crippen molar-refractivity contribution in [1.29, 1.82) is 0 Å². The van der Waals surface area contributed by atoms with E-state index < -0.39 is 58.7 Å². The number of amides is 3. The van der Waals surface area contributed by atoms with Gasteiger partial charge in [0.2, 0.25) is 0 Å². The van der Waals surface area contributed by atoms with Gasteiger partial charge in [-0.15, -0.1) is 24.8 Å². The second kappa shape index (κ2) is 66.6. The van der Waals surface area contributed by atoms with Crippen LogP contribution in [0.1, 0.15) is 201 Å². The maximum Gasteiger partial charge on any atom is 0.412 e. The van der Waals surface area contributed by atoms with E-state index in [1.165, 1.54) is 49.3 Å². The smallest absolute Gasteiger partial charge is 0.412 e. The van der Waals surface area contributed by atoms with Crippen LogP contribution < -0.4 is 55.0 Å². The van der Waals surface area contributed by atoms with Gasteiger partial charge in [0.1, 0.15) is 79.2 Å². The lowest BCUT2D eigenvalue weighted by atomic mass is 10.1. The van der Waals surface area contributed by atoms with Gasteiger partial charge >= 0.3 is 41.8 Å². The van der Waals surface area contributed by atoms with Crippen LogP contribution in [-0.2, 0) is 23.7 Å². The summed E-state index contributed by atoms with van der Waals surface area (Å²) in [5.74, 6) is -2.52. The molecule has 3 amide bonds. The van der Waals surface area contributed by atoms with Gasteiger partial charge < -0.3 is 74.3 Å². The molecule has 0 bridgehead atoms. The molecule has 0 unspecified atom stereocenters. The molecule has 7 atom stereocenters. The predicted molar refractivity (Wildman–Crippen MR) is 502 cm³/mol. The van der Waals surface area contributed by atoms with Gasteiger partial charge in [0.15, 0.2) is 0 Å². The van der Waals surface area contributed by atoms with Gasteiger partial charge in [-0.2, -0.15) is 0 Å². The molecule has 0 saturated carbocycles. The number of carboxylic acids is 1. The summed E-state index contributed by atoms with van der Waals surface area (Å²) < 4.78 is 117. The summed E-state index contributed by atoms with van der Waals surface area (Å²) in [7, 11) is 2.46. The first kappa shape index (κ1) is 121. The highest BCUT2D eigenvalue weighted by molar-refractivity contribution is 9.09. The quantitative estimate of drug-likeness (QED) is 0.0166. The molecule has 0 spiro atoms. The van der Waals surface area contributed by atoms with E-state index >= 15 is 0 Å². The normalized spacial score (nSPS) is 20.2. The van der Waals surface area contributed by atoms with Crippen LogP contribution in [0, 0.1) is 0 Å². The maximum absolute atomic E-state index is 12.6. The fraction of sp³-hybridized carbons (Fsp3) is 0.708. The number of esters is 2. The van der Waals surface area contributed by atoms with Crippen molar-refractivity contribution in [3.8, 4) is 0 Å². The maximum atomic E-state index is 12.6. The van der Waals surface area contributed by atoms with Gasteiger partial charge in [0, 0.05) is 151 Å². The SMILES string of the molecule is CC(C)(C)OC(=O)N[C@@H]1CCCN(CCF)C1.CC(C)(C)OC(=O)N[C@@H]1CCCNC1.CC(C)(C)OC(=O)Nc1cccn([C@@H]2CCCN(CCF)C2)c1=O.COC(=O)c1cccn([C@@H]2CCCN(CCF)C2)c1=O.COC(=O)c1cccoc1=O.Cl.Cl.FCCBr.N[C@@H]1CCCN(CCF)C1.N[C@@H]1CCCN(CCF)C1.O=C(O)c1cccn([C@@H]2CCCN(CCF)C2)c1=O. The summed E-state index contributed by atoms with van der Waals surface area (Å²) in [5, 5.41) is 20.9. The average molecular weight is 1980 g/mol. The molecule has 131 heavy (non-hydrogen) atoms. The van der Waals surface area contributed by atoms with E-state index in [9.17, 15) is 78.7 Å². The van der Waals surface area contributed by atoms with Crippen molar-refractivity contribution < 1.29 is 92.7 Å². The lowest BCUT2D eigenvalue weighted by Crippen LogP contribution is -2.49. The number of nitrogens with two attached hydrogens (primary N) is 2. The van der Waals surface area contributed by atoms with E-state index in [1.807, 2.05) is 61.1 Å². The molecule has 9 N–H and O–H groups in total. The molecule has 7 aliphatic rings. The fourth-order valence-corrected chi connectivity index (χ4v) is 14.9. The fourth-order valence-electron chi connectivity index (χ4n) is 14.9. The van der Waals surface area contributed by atoms with Crippen LogP contribution in [0.25, 0.3) is 0 Å². The molecule has 32 nitrogen and oxygen atoms in total. The number of alkyl halides is 8. The Labute approximate surface area is 787 Å². The molecule has 4 aromatic heterocycles. The van der Waals surface area contributed by atoms with Crippen LogP contribution in [-0.4, -0.2) is 323 Å². The Kier molecular flexibility index (Phi) is 61.6. The minimum absolute atomic E-state index is 0. The number of ether oxygens (including phenoxy) is 5. The van der Waals surface area contributed by atoms with Crippen molar-refractivity contribution in [2.45, 2.75) is 211 Å². The van der Waals surface area contributed by atoms with Gasteiger partial charge in [-0.05, 0) is 247 Å². The summed E-state index contributed by atoms with van der Waals surface area (Å²) in [6.07, 6.45) is 18.6. The molecule has 7 saturated heterocycles. The summed E-state index contributed by atoms with van der Waals surface area (Å²) >= 11 is 2.87. The van der Waals surface area contributed by atoms with Gasteiger partial charge in [-0.3, -0.25) is 53.5 Å². The van der Waals surface area contributed by atoms with E-state index in [0.29, 0.717) is 70.8 Å². The number of alkyl carbamates (subject to hydrolysis) is 2. The molecule has 11 heterocycles. The number of carbonyl (C=O) groups is 6. The third kappa shape index (κ3) is 50.4. The molecule has 11 rings (SSSR count). The number of aromatic carboxylic acids is 1. The van der Waals surface area contributed by atoms with Crippen LogP contribution in [0.2, 0.25) is 0 Å². The predicted octanol–water partition coefficient (Wildman–Crippen LogP) is 11.8. The second-order valence-corrected chi connectivity index (χ2v) is 35.6. The van der Waals surface area contributed by atoms with E-state index in [0.717, 1.165) is 155 Å². The number of carbonyl (C=O) groups excluding carboxylic acids is 5. The van der Waals surface area contributed by atoms with Gasteiger partial charge in [-0.25, -0.2) is 59.9 Å². The molecule has 42 heteroatoms. The molecule has 750 valence electrons. The summed E-state index contributed by atoms with van der Waals surface area (Å²) in [5.41, 5.74) is 8.01. The van der Waals surface area contributed by atoms with E-state index in [4.69, 9.17) is 30.8 Å². The molecule has 0 aromatic carbocycles. The summed E-state index contributed by atoms with van der Waals surface area (Å²) in [4.78, 5) is 128. The largest absolute Gasteiger partial charge is 0.477 e. The Morgan fingerprint density at radius 1 is 0.450 bits per heavy atom. The van der Waals surface area contributed by atoms with Crippen molar-refractivity contribution in [1.82, 2.24) is 59.1 Å². The van der Waals surface area contributed by atoms with E-state index in [2.05, 4.69) is 60.9 Å². The van der Waals surface area contributed by atoms with Gasteiger partial charge in [-0.1, -0.05) is 15.9 Å². The molecule has 7 fully saturated rings. The number of piperidine rings is 7. The lowest BCUT2D eigenvalue weighted by molar-refractivity contribution is 0.0465. The van der Waals surface area contributed by atoms with Crippen LogP contribution in [0.5, 0.6) is 0 Å². The second-order valence-electron chi connectivity index (χ2n) is 34.8. The van der Waals surface area contributed by atoms with Crippen molar-refractivity contribution in [2.24, 2.45) is 11.5 Å². The van der Waals surface area contributed by atoms with Crippen molar-refractivity contribution >= 4 is 82.6 Å². The number of rotatable bonds is 22. The number of carboxylic acid groups (broad SMARTS) is 1. The van der Waals surface area contributed by atoms with Gasteiger partial charge in [0.25, 0.3) is 16.7 Å². The number of likely N-dealkylation sites (tertiary alicyclic amines) is 6. The number of hydrogen-bond acceptors (Lipinski definition) is 25. The Hall–Kier alpha value is -7.77. The van der Waals surface area contributed by atoms with Crippen LogP contribution in [0.4, 0.5) is 50.8 Å². The minimum atomic E-state index is -1.21. The third-order valence-electron chi connectivity index (χ3n) is 20.8. The number of hydrogen-bond donors (Lipinski definition) is 7. The number of aromatic nitrogens is 3. The highest BCUT2D eigenvalue weighted by atomic mass is 79.9. The number of anilines is 1. The molecule has 4 aromatic rings. The van der Waals surface area contributed by atoms with Gasteiger partial charge in [0.05, 0.1) is 27.2 Å². The lowest BCUT2D eigenvalue weighted by Gasteiger charge is -2.33. The van der Waals surface area contributed by atoms with E-state index in [1.54, 1.807) is 72.8 Å². The standard InChI is InChI=1S/C17H26FN3O3.C14H19FN2O3.C13H17FN2O3.C12H23FN2O2.C10H20N2O2.2C7H15FN2.C7H6O4.C2H4BrF.2ClH/c1-17(2,3)24-16(23)19-14-7-5-10-21(15(14)22)13-6-4-9-20(12-13)11-8-18;1-20-14(19)12-5-3-8-17(13(12)18)11-4-2-7-16(10-11)9-6-15;14-5-8-15-6-1-3-10(9-15)16-7-2-4-11(12(16)17)13(18)19;1-12(2,3)17-11(16)14-10-5-4-7-15(9-10)8-6-13;1-10(2,3)14-9(13)12-8-5-4-6-11-7-8;2*8-3-5-10-4-1-2-7(9)6-10;1-10-6(8)5-3-2-4-11-7(5)9;3-1-2-4;;/h5,7,10,13H,4,6,8-9,11-12H2,1-3H3,(H,19,23);3,5,8,11H,2,4,6-7,9-10H2,1H3;2,4,7,10H,1,3,5-6,8-9H2,(H,18,19);10H,4-9H2,1-3H3,(H,14,16);8,11H,4-7H2,1-3H3,(H,12,13);2*7H,1-6,9H2;2-4H,1H3;1-2H2;2*1H/t13-;11-;2*10-;8-;2*7-;;;;/m1111111..../s1. The molecular formula is C89H147BrCl2F7N15O17. The van der Waals surface area contributed by atoms with Crippen LogP contribution in [0.3, 0.4) is 0 Å². The Morgan fingerprint density at radius 3 is 1.15 bits per heavy atom. The Balaban J connectivity index is 0.000000754. The van der Waals surface area contributed by atoms with Crippen LogP contribution >= 0.6 is 40.7 Å². The highest BCUT2D eigenvalue weighted by Gasteiger charge is 2.30. The number of methoxy groups -OCH3 is 2. The summed E-state index contributed by atoms with van der Waals surface area (Å²) in [6, 6.07) is 12.8. The van der Waals surface area contributed by atoms with Crippen LogP contribution in [0.15, 0.2) is 97.0 Å². The molecule has 0 radical (unpaired) electrons. The number of nitrogens with zero attached hydrogens (tertiary/aromatic N) is 9. The first-order valence-corrected chi connectivity index (χ1v) is 45.6. The van der Waals surface area contributed by atoms with E-state index in [-0.39, 0.29) is 153 Å². The van der Waals surface area contributed by atoms with Crippen molar-refractivity contribution in [3.63, 3.8) is 0 Å².